The summed E-state index contributed by atoms with van der Waals surface area (Å²) in [7, 11) is 0. The Morgan fingerprint density at radius 1 is 1.21 bits per heavy atom. The van der Waals surface area contributed by atoms with E-state index in [1.54, 1.807) is 0 Å². The fourth-order valence-electron chi connectivity index (χ4n) is 2.35. The Morgan fingerprint density at radius 3 is 2.21 bits per heavy atom. The lowest BCUT2D eigenvalue weighted by molar-refractivity contribution is -0.152. The number of likely N-dealkylation sites (tertiary alicyclic amines) is 1. The molecule has 1 rings (SSSR count). The third-order valence-corrected chi connectivity index (χ3v) is 3.60. The first-order valence-corrected chi connectivity index (χ1v) is 6.91. The quantitative estimate of drug-likeness (QED) is 0.566. The molecular weight excluding hydrogens is 240 g/mol. The standard InChI is InChI=1S/C15H24N2O2/c1-14(2,11-16)7-5-6-8-17-12(18)9-15(3,4)10-13(17)19/h5-10H2,1-4H3. The van der Waals surface area contributed by atoms with Crippen molar-refractivity contribution in [1.82, 2.24) is 4.90 Å². The minimum absolute atomic E-state index is 0.0548. The number of piperidine rings is 1. The minimum atomic E-state index is -0.322. The van der Waals surface area contributed by atoms with Gasteiger partial charge in [0, 0.05) is 19.4 Å². The number of carbonyl (C=O) groups is 2. The molecule has 0 N–H and O–H groups in total. The number of imide groups is 1. The molecule has 4 nitrogen and oxygen atoms in total. The Bertz CT molecular complexity index is 385. The predicted octanol–water partition coefficient (Wildman–Crippen LogP) is 2.88. The molecule has 1 fully saturated rings. The van der Waals surface area contributed by atoms with Gasteiger partial charge in [0.25, 0.3) is 0 Å². The SMILES string of the molecule is CC(C)(C#N)CCCCN1C(=O)CC(C)(C)CC1=O. The van der Waals surface area contributed by atoms with Gasteiger partial charge in [0.15, 0.2) is 0 Å². The molecule has 0 aliphatic carbocycles. The number of amides is 2. The van der Waals surface area contributed by atoms with Crippen molar-refractivity contribution in [3.8, 4) is 6.07 Å². The van der Waals surface area contributed by atoms with Crippen LogP contribution in [0.25, 0.3) is 0 Å². The van der Waals surface area contributed by atoms with Gasteiger partial charge in [-0.25, -0.2) is 0 Å². The summed E-state index contributed by atoms with van der Waals surface area (Å²) in [6, 6.07) is 2.26. The van der Waals surface area contributed by atoms with E-state index in [0.29, 0.717) is 19.4 Å². The van der Waals surface area contributed by atoms with Gasteiger partial charge < -0.3 is 0 Å². The van der Waals surface area contributed by atoms with Crippen LogP contribution in [0.4, 0.5) is 0 Å². The van der Waals surface area contributed by atoms with E-state index in [-0.39, 0.29) is 22.6 Å². The van der Waals surface area contributed by atoms with Crippen LogP contribution in [-0.4, -0.2) is 23.3 Å². The molecule has 0 radical (unpaired) electrons. The van der Waals surface area contributed by atoms with Crippen molar-refractivity contribution < 1.29 is 9.59 Å². The van der Waals surface area contributed by atoms with E-state index in [0.717, 1.165) is 19.3 Å². The molecule has 2 amide bonds. The molecule has 1 heterocycles. The van der Waals surface area contributed by atoms with Crippen LogP contribution in [0.2, 0.25) is 0 Å². The zero-order valence-corrected chi connectivity index (χ0v) is 12.5. The summed E-state index contributed by atoms with van der Waals surface area (Å²) in [6.07, 6.45) is 3.33. The molecule has 0 bridgehead atoms. The van der Waals surface area contributed by atoms with Crippen molar-refractivity contribution in [3.63, 3.8) is 0 Å². The van der Waals surface area contributed by atoms with Crippen LogP contribution < -0.4 is 0 Å². The van der Waals surface area contributed by atoms with Crippen molar-refractivity contribution in [2.45, 2.75) is 59.8 Å². The number of nitriles is 1. The van der Waals surface area contributed by atoms with Crippen molar-refractivity contribution >= 4 is 11.8 Å². The van der Waals surface area contributed by atoms with E-state index in [1.165, 1.54) is 4.90 Å². The van der Waals surface area contributed by atoms with Crippen molar-refractivity contribution in [3.05, 3.63) is 0 Å². The van der Waals surface area contributed by atoms with Gasteiger partial charge in [-0.2, -0.15) is 5.26 Å². The summed E-state index contributed by atoms with van der Waals surface area (Å²) in [4.78, 5) is 25.2. The van der Waals surface area contributed by atoms with Crippen LogP contribution in [0.5, 0.6) is 0 Å². The van der Waals surface area contributed by atoms with Gasteiger partial charge in [0.2, 0.25) is 11.8 Å². The van der Waals surface area contributed by atoms with E-state index in [1.807, 2.05) is 27.7 Å². The van der Waals surface area contributed by atoms with Crippen molar-refractivity contribution in [1.29, 1.82) is 5.26 Å². The Kier molecular flexibility index (Phi) is 4.73. The maximum absolute atomic E-state index is 11.9. The van der Waals surface area contributed by atoms with Crippen molar-refractivity contribution in [2.75, 3.05) is 6.54 Å². The molecule has 0 aromatic heterocycles. The van der Waals surface area contributed by atoms with Gasteiger partial charge in [-0.3, -0.25) is 14.5 Å². The number of carbonyl (C=O) groups excluding carboxylic acids is 2. The summed E-state index contributed by atoms with van der Waals surface area (Å²) < 4.78 is 0. The lowest BCUT2D eigenvalue weighted by atomic mass is 9.81. The second-order valence-corrected chi connectivity index (χ2v) is 6.91. The third kappa shape index (κ3) is 4.66. The van der Waals surface area contributed by atoms with Crippen LogP contribution in [0, 0.1) is 22.2 Å². The molecule has 106 valence electrons. The van der Waals surface area contributed by atoms with Crippen LogP contribution in [0.15, 0.2) is 0 Å². The van der Waals surface area contributed by atoms with Crippen LogP contribution >= 0.6 is 0 Å². The second kappa shape index (κ2) is 5.73. The summed E-state index contributed by atoms with van der Waals surface area (Å²) in [5.41, 5.74) is -0.522. The smallest absolute Gasteiger partial charge is 0.229 e. The highest BCUT2D eigenvalue weighted by atomic mass is 16.2. The predicted molar refractivity (Wildman–Crippen MR) is 73.0 cm³/mol. The second-order valence-electron chi connectivity index (χ2n) is 6.91. The molecule has 19 heavy (non-hydrogen) atoms. The average molecular weight is 264 g/mol. The molecule has 1 aliphatic rings. The first-order valence-electron chi connectivity index (χ1n) is 6.91. The Balaban J connectivity index is 2.40. The van der Waals surface area contributed by atoms with E-state index >= 15 is 0 Å². The van der Waals surface area contributed by atoms with Crippen molar-refractivity contribution in [2.24, 2.45) is 10.8 Å². The lowest BCUT2D eigenvalue weighted by Gasteiger charge is -2.34. The summed E-state index contributed by atoms with van der Waals surface area (Å²) >= 11 is 0. The molecule has 0 atom stereocenters. The summed E-state index contributed by atoms with van der Waals surface area (Å²) in [5.74, 6) is -0.110. The Morgan fingerprint density at radius 2 is 1.74 bits per heavy atom. The first-order chi connectivity index (χ1) is 8.67. The molecule has 1 aliphatic heterocycles. The first kappa shape index (κ1) is 15.7. The maximum atomic E-state index is 11.9. The molecule has 0 aromatic carbocycles. The summed E-state index contributed by atoms with van der Waals surface area (Å²) in [6.45, 7) is 8.22. The zero-order chi connectivity index (χ0) is 14.7. The highest BCUT2D eigenvalue weighted by Crippen LogP contribution is 2.31. The van der Waals surface area contributed by atoms with Crippen LogP contribution in [-0.2, 0) is 9.59 Å². The van der Waals surface area contributed by atoms with Gasteiger partial charge in [0.1, 0.15) is 0 Å². The number of hydrogen-bond donors (Lipinski definition) is 0. The molecule has 0 saturated carbocycles. The third-order valence-electron chi connectivity index (χ3n) is 3.60. The largest absolute Gasteiger partial charge is 0.283 e. The van der Waals surface area contributed by atoms with E-state index in [2.05, 4.69) is 6.07 Å². The number of hydrogen-bond acceptors (Lipinski definition) is 3. The Hall–Kier alpha value is -1.37. The molecule has 0 spiro atoms. The fourth-order valence-corrected chi connectivity index (χ4v) is 2.35. The fraction of sp³-hybridized carbons (Fsp3) is 0.800. The van der Waals surface area contributed by atoms with Gasteiger partial charge in [0.05, 0.1) is 11.5 Å². The van der Waals surface area contributed by atoms with Gasteiger partial charge in [-0.15, -0.1) is 0 Å². The van der Waals surface area contributed by atoms with Gasteiger partial charge in [-0.1, -0.05) is 20.3 Å². The molecule has 0 aromatic rings. The van der Waals surface area contributed by atoms with Gasteiger partial charge >= 0.3 is 0 Å². The molecular formula is C15H24N2O2. The topological polar surface area (TPSA) is 61.2 Å². The van der Waals surface area contributed by atoms with E-state index in [4.69, 9.17) is 5.26 Å². The molecule has 4 heteroatoms. The Labute approximate surface area is 115 Å². The highest BCUT2D eigenvalue weighted by molar-refractivity contribution is 5.98. The number of unbranched alkanes of at least 4 members (excludes halogenated alkanes) is 1. The van der Waals surface area contributed by atoms with Crippen LogP contribution in [0.3, 0.4) is 0 Å². The van der Waals surface area contributed by atoms with Gasteiger partial charge in [-0.05, 0) is 32.1 Å². The summed E-state index contributed by atoms with van der Waals surface area (Å²) in [5, 5.41) is 8.92. The monoisotopic (exact) mass is 264 g/mol. The van der Waals surface area contributed by atoms with Crippen LogP contribution in [0.1, 0.15) is 59.8 Å². The molecule has 0 unspecified atom stereocenters. The maximum Gasteiger partial charge on any atom is 0.229 e. The number of nitrogens with zero attached hydrogens (tertiary/aromatic N) is 2. The minimum Gasteiger partial charge on any atom is -0.283 e. The van der Waals surface area contributed by atoms with E-state index in [9.17, 15) is 9.59 Å². The normalized spacial score (nSPS) is 19.4. The zero-order valence-electron chi connectivity index (χ0n) is 12.5. The lowest BCUT2D eigenvalue weighted by Crippen LogP contribution is -2.46. The van der Waals surface area contributed by atoms with E-state index < -0.39 is 0 Å². The molecule has 1 saturated heterocycles. The number of rotatable bonds is 5. The highest BCUT2D eigenvalue weighted by Gasteiger charge is 2.36. The average Bonchev–Trinajstić information content (AvgIpc) is 2.25.